The van der Waals surface area contributed by atoms with E-state index >= 15 is 0 Å². The van der Waals surface area contributed by atoms with Crippen LogP contribution in [0.5, 0.6) is 0 Å². The first kappa shape index (κ1) is 27.6. The largest absolute Gasteiger partial charge is 0.344 e. The van der Waals surface area contributed by atoms with Gasteiger partial charge in [0, 0.05) is 25.9 Å². The summed E-state index contributed by atoms with van der Waals surface area (Å²) < 4.78 is 23.5. The molecule has 2 aliphatic rings. The Kier molecular flexibility index (Phi) is 8.21. The molecule has 1 aromatic heterocycles. The lowest BCUT2D eigenvalue weighted by Crippen LogP contribution is -2.45. The number of benzene rings is 2. The summed E-state index contributed by atoms with van der Waals surface area (Å²) >= 11 is 1.44. The quantitative estimate of drug-likeness (QED) is 0.412. The molecule has 1 spiro atoms. The first-order valence-electron chi connectivity index (χ1n) is 13.4. The van der Waals surface area contributed by atoms with Gasteiger partial charge in [0.1, 0.15) is 0 Å². The van der Waals surface area contributed by atoms with Gasteiger partial charge >= 0.3 is 0 Å². The van der Waals surface area contributed by atoms with Crippen molar-refractivity contribution in [2.45, 2.75) is 43.2 Å². The van der Waals surface area contributed by atoms with Gasteiger partial charge in [-0.15, -0.1) is 11.3 Å². The van der Waals surface area contributed by atoms with Crippen LogP contribution in [0.3, 0.4) is 0 Å². The molecule has 1 N–H and O–H groups in total. The van der Waals surface area contributed by atoms with Crippen molar-refractivity contribution in [2.24, 2.45) is 5.41 Å². The summed E-state index contributed by atoms with van der Waals surface area (Å²) in [5.41, 5.74) is 1.75. The predicted molar refractivity (Wildman–Crippen MR) is 153 cm³/mol. The lowest BCUT2D eigenvalue weighted by molar-refractivity contribution is -0.138. The maximum atomic E-state index is 13.5. The SMILES string of the molecule is CS(=O)(=O)c1ccc(CN2CCC3(CCN(CC[C@H](NC(=O)c4cccs4)c4ccccc4)CC3)C2=O)cc1. The minimum Gasteiger partial charge on any atom is -0.344 e. The fourth-order valence-corrected chi connectivity index (χ4v) is 6.99. The summed E-state index contributed by atoms with van der Waals surface area (Å²) in [5, 5.41) is 5.13. The molecule has 7 nitrogen and oxygen atoms in total. The third-order valence-electron chi connectivity index (χ3n) is 8.13. The molecule has 0 saturated carbocycles. The van der Waals surface area contributed by atoms with Crippen LogP contribution in [-0.2, 0) is 21.2 Å². The number of hydrogen-bond acceptors (Lipinski definition) is 6. The van der Waals surface area contributed by atoms with E-state index in [4.69, 9.17) is 0 Å². The normalized spacial score (nSPS) is 18.4. The minimum atomic E-state index is -3.23. The molecule has 3 heterocycles. The smallest absolute Gasteiger partial charge is 0.261 e. The maximum Gasteiger partial charge on any atom is 0.261 e. The van der Waals surface area contributed by atoms with Crippen molar-refractivity contribution in [2.75, 3.05) is 32.4 Å². The zero-order valence-corrected chi connectivity index (χ0v) is 23.8. The Morgan fingerprint density at radius 1 is 0.974 bits per heavy atom. The summed E-state index contributed by atoms with van der Waals surface area (Å²) in [4.78, 5) is 31.6. The number of nitrogens with one attached hydrogen (secondary N) is 1. The van der Waals surface area contributed by atoms with Gasteiger partial charge in [0.2, 0.25) is 5.91 Å². The van der Waals surface area contributed by atoms with Gasteiger partial charge in [0.15, 0.2) is 9.84 Å². The van der Waals surface area contributed by atoms with Gasteiger partial charge in [0.05, 0.1) is 21.2 Å². The minimum absolute atomic E-state index is 0.0425. The highest BCUT2D eigenvalue weighted by Gasteiger charge is 2.47. The van der Waals surface area contributed by atoms with Crippen LogP contribution >= 0.6 is 11.3 Å². The molecule has 206 valence electrons. The number of carbonyl (C=O) groups is 2. The van der Waals surface area contributed by atoms with Crippen LogP contribution in [0.1, 0.15) is 52.5 Å². The average molecular weight is 566 g/mol. The van der Waals surface area contributed by atoms with E-state index in [1.54, 1.807) is 24.3 Å². The van der Waals surface area contributed by atoms with E-state index < -0.39 is 9.84 Å². The van der Waals surface area contributed by atoms with E-state index in [1.807, 2.05) is 40.6 Å². The standard InChI is InChI=1S/C30H35N3O4S2/c1-39(36,37)25-11-9-23(10-12-25)22-33-20-16-30(29(33)35)14-18-32(19-15-30)17-13-26(24-6-3-2-4-7-24)31-28(34)27-8-5-21-38-27/h2-12,21,26H,13-20,22H2,1H3,(H,31,34)/t26-/m0/s1. The van der Waals surface area contributed by atoms with Gasteiger partial charge in [-0.1, -0.05) is 48.5 Å². The molecule has 9 heteroatoms. The number of nitrogens with zero attached hydrogens (tertiary/aromatic N) is 2. The van der Waals surface area contributed by atoms with Crippen LogP contribution in [0.25, 0.3) is 0 Å². The second-order valence-electron chi connectivity index (χ2n) is 10.7. The van der Waals surface area contributed by atoms with Crippen molar-refractivity contribution in [3.8, 4) is 0 Å². The fourth-order valence-electron chi connectivity index (χ4n) is 5.73. The first-order chi connectivity index (χ1) is 18.7. The zero-order valence-electron chi connectivity index (χ0n) is 22.2. The topological polar surface area (TPSA) is 86.8 Å². The molecule has 2 aromatic carbocycles. The van der Waals surface area contributed by atoms with Crippen LogP contribution < -0.4 is 5.32 Å². The third kappa shape index (κ3) is 6.42. The molecule has 2 fully saturated rings. The highest BCUT2D eigenvalue weighted by molar-refractivity contribution is 7.90. The number of piperidine rings is 1. The van der Waals surface area contributed by atoms with Gasteiger partial charge in [-0.3, -0.25) is 9.59 Å². The second kappa shape index (κ2) is 11.6. The van der Waals surface area contributed by atoms with Crippen molar-refractivity contribution in [1.29, 1.82) is 0 Å². The summed E-state index contributed by atoms with van der Waals surface area (Å²) in [6.45, 7) is 3.82. The van der Waals surface area contributed by atoms with Gasteiger partial charge in [0.25, 0.3) is 5.91 Å². The van der Waals surface area contributed by atoms with Crippen LogP contribution in [0.4, 0.5) is 0 Å². The maximum absolute atomic E-state index is 13.5. The van der Waals surface area contributed by atoms with E-state index in [0.717, 1.165) is 63.0 Å². The summed E-state index contributed by atoms with van der Waals surface area (Å²) in [7, 11) is -3.23. The van der Waals surface area contributed by atoms with Crippen LogP contribution in [-0.4, -0.2) is 62.5 Å². The Morgan fingerprint density at radius 2 is 1.67 bits per heavy atom. The molecular weight excluding hydrogens is 530 g/mol. The summed E-state index contributed by atoms with van der Waals surface area (Å²) in [5.74, 6) is 0.179. The van der Waals surface area contributed by atoms with Gasteiger partial charge < -0.3 is 15.1 Å². The molecule has 0 unspecified atom stereocenters. The number of amides is 2. The second-order valence-corrected chi connectivity index (χ2v) is 13.7. The number of rotatable bonds is 9. The molecular formula is C30H35N3O4S2. The molecule has 5 rings (SSSR count). The van der Waals surface area contributed by atoms with Crippen molar-refractivity contribution < 1.29 is 18.0 Å². The summed E-state index contributed by atoms with van der Waals surface area (Å²) in [6.07, 6.45) is 4.55. The monoisotopic (exact) mass is 565 g/mol. The van der Waals surface area contributed by atoms with Gasteiger partial charge in [-0.25, -0.2) is 8.42 Å². The number of thiophene rings is 1. The van der Waals surface area contributed by atoms with Crippen LogP contribution in [0.2, 0.25) is 0 Å². The van der Waals surface area contributed by atoms with Crippen molar-refractivity contribution in [1.82, 2.24) is 15.1 Å². The lowest BCUT2D eigenvalue weighted by atomic mass is 9.77. The highest BCUT2D eigenvalue weighted by Crippen LogP contribution is 2.42. The third-order valence-corrected chi connectivity index (χ3v) is 10.1. The van der Waals surface area contributed by atoms with E-state index in [-0.39, 0.29) is 23.3 Å². The van der Waals surface area contributed by atoms with E-state index in [2.05, 4.69) is 22.3 Å². The van der Waals surface area contributed by atoms with Crippen molar-refractivity contribution >= 4 is 33.0 Å². The molecule has 3 aromatic rings. The molecule has 39 heavy (non-hydrogen) atoms. The Labute approximate surface area is 234 Å². The Bertz CT molecular complexity index is 1380. The van der Waals surface area contributed by atoms with Crippen LogP contribution in [0, 0.1) is 5.41 Å². The molecule has 0 radical (unpaired) electrons. The average Bonchev–Trinajstić information content (AvgIpc) is 3.58. The lowest BCUT2D eigenvalue weighted by Gasteiger charge is -2.38. The Morgan fingerprint density at radius 3 is 2.31 bits per heavy atom. The Balaban J connectivity index is 1.15. The van der Waals surface area contributed by atoms with Gasteiger partial charge in [-0.2, -0.15) is 0 Å². The number of hydrogen-bond donors (Lipinski definition) is 1. The molecule has 0 bridgehead atoms. The number of likely N-dealkylation sites (tertiary alicyclic amines) is 2. The van der Waals surface area contributed by atoms with E-state index in [9.17, 15) is 18.0 Å². The Hall–Kier alpha value is -3.01. The van der Waals surface area contributed by atoms with Crippen LogP contribution in [0.15, 0.2) is 77.0 Å². The van der Waals surface area contributed by atoms with E-state index in [1.165, 1.54) is 17.6 Å². The molecule has 1 atom stereocenters. The van der Waals surface area contributed by atoms with Crippen molar-refractivity contribution in [3.05, 3.63) is 88.1 Å². The summed E-state index contributed by atoms with van der Waals surface area (Å²) in [6, 6.07) is 20.6. The molecule has 2 aliphatic heterocycles. The number of sulfone groups is 1. The molecule has 0 aliphatic carbocycles. The predicted octanol–water partition coefficient (Wildman–Crippen LogP) is 4.53. The van der Waals surface area contributed by atoms with E-state index in [0.29, 0.717) is 16.3 Å². The van der Waals surface area contributed by atoms with Crippen molar-refractivity contribution in [3.63, 3.8) is 0 Å². The molecule has 2 amide bonds. The van der Waals surface area contributed by atoms with Gasteiger partial charge in [-0.05, 0) is 73.5 Å². The molecule has 2 saturated heterocycles. The highest BCUT2D eigenvalue weighted by atomic mass is 32.2. The fraction of sp³-hybridized carbons (Fsp3) is 0.400. The first-order valence-corrected chi connectivity index (χ1v) is 16.2. The number of carbonyl (C=O) groups excluding carboxylic acids is 2. The zero-order chi connectivity index (χ0) is 27.5.